The third kappa shape index (κ3) is 3.35. The Kier molecular flexibility index (Phi) is 5.64. The summed E-state index contributed by atoms with van der Waals surface area (Å²) >= 11 is 0. The van der Waals surface area contributed by atoms with Gasteiger partial charge in [0.15, 0.2) is 0 Å². The number of amides is 1. The van der Waals surface area contributed by atoms with Crippen LogP contribution in [-0.4, -0.2) is 41.7 Å². The molecule has 0 saturated heterocycles. The first-order valence-electron chi connectivity index (χ1n) is 12.2. The van der Waals surface area contributed by atoms with E-state index < -0.39 is 0 Å². The second-order valence-electron chi connectivity index (χ2n) is 11.7. The van der Waals surface area contributed by atoms with Gasteiger partial charge in [0.1, 0.15) is 6.04 Å². The second kappa shape index (κ2) is 7.79. The molecule has 0 spiro atoms. The van der Waals surface area contributed by atoms with Gasteiger partial charge in [0.25, 0.3) is 0 Å². The number of likely N-dealkylation sites (N-methyl/N-ethyl adjacent to an activating group) is 1. The Balaban J connectivity index is 2.09. The minimum Gasteiger partial charge on any atom is -0.394 e. The number of aromatic nitrogens is 1. The summed E-state index contributed by atoms with van der Waals surface area (Å²) < 4.78 is 0. The van der Waals surface area contributed by atoms with Crippen LogP contribution in [0.3, 0.4) is 0 Å². The van der Waals surface area contributed by atoms with Gasteiger partial charge in [0.2, 0.25) is 5.91 Å². The maximum Gasteiger partial charge on any atom is 0.243 e. The van der Waals surface area contributed by atoms with Crippen LogP contribution in [0, 0.1) is 11.8 Å². The molecule has 3 atom stereocenters. The van der Waals surface area contributed by atoms with Gasteiger partial charge < -0.3 is 20.3 Å². The number of fused-ring (bicyclic) bond motifs is 2. The molecule has 0 fully saturated rings. The molecule has 2 aliphatic rings. The zero-order chi connectivity index (χ0) is 23.6. The van der Waals surface area contributed by atoms with Crippen molar-refractivity contribution in [3.8, 4) is 0 Å². The Bertz CT molecular complexity index is 1040. The molecule has 0 bridgehead atoms. The number of aliphatic hydroxyl groups excluding tert-OH is 1. The number of nitrogens with zero attached hydrogens (tertiary/aromatic N) is 1. The molecule has 2 heterocycles. The van der Waals surface area contributed by atoms with Crippen LogP contribution >= 0.6 is 0 Å². The molecule has 2 aromatic rings. The van der Waals surface area contributed by atoms with Crippen LogP contribution < -0.4 is 10.2 Å². The number of aliphatic hydroxyl groups is 1. The van der Waals surface area contributed by atoms with Gasteiger partial charge in [0.05, 0.1) is 18.2 Å². The van der Waals surface area contributed by atoms with Crippen molar-refractivity contribution in [2.24, 2.45) is 11.8 Å². The molecule has 1 aromatic carbocycles. The predicted octanol–water partition coefficient (Wildman–Crippen LogP) is 4.65. The van der Waals surface area contributed by atoms with Crippen LogP contribution in [0.1, 0.15) is 78.0 Å². The van der Waals surface area contributed by atoms with Crippen molar-refractivity contribution in [1.29, 1.82) is 0 Å². The van der Waals surface area contributed by atoms with Crippen LogP contribution in [0.25, 0.3) is 10.9 Å². The van der Waals surface area contributed by atoms with Crippen LogP contribution in [0.15, 0.2) is 12.3 Å². The number of carbonyl (C=O) groups excluding carboxylic acids is 1. The number of rotatable bonds is 3. The van der Waals surface area contributed by atoms with E-state index in [9.17, 15) is 9.90 Å². The number of anilines is 1. The molecule has 0 unspecified atom stereocenters. The van der Waals surface area contributed by atoms with E-state index in [2.05, 4.69) is 83.0 Å². The average molecular weight is 440 g/mol. The molecule has 5 nitrogen and oxygen atoms in total. The summed E-state index contributed by atoms with van der Waals surface area (Å²) in [4.78, 5) is 19.1. The zero-order valence-electron chi connectivity index (χ0n) is 21.1. The van der Waals surface area contributed by atoms with Gasteiger partial charge in [-0.3, -0.25) is 4.79 Å². The van der Waals surface area contributed by atoms with E-state index in [1.165, 1.54) is 27.6 Å². The molecular formula is C27H41N3O2. The first-order chi connectivity index (χ1) is 14.9. The molecular weight excluding hydrogens is 398 g/mol. The Hall–Kier alpha value is -2.01. The Morgan fingerprint density at radius 3 is 2.47 bits per heavy atom. The Morgan fingerprint density at radius 1 is 1.19 bits per heavy atom. The van der Waals surface area contributed by atoms with Gasteiger partial charge in [-0.25, -0.2) is 0 Å². The standard InChI is InChI=1S/C27H41N3O2/c1-15(2)24-25(32)29-18(14-31)11-17-13-28-23-21(17)20(30(24)8)12-19-22(23)26(5,6)9-10-27(19,7)16(3)4/h12-13,15-16,18,24,28,31H,9-11,14H2,1-8H3,(H,29,32)/t18-,24-,27+/m0/s1. The fourth-order valence-corrected chi connectivity index (χ4v) is 6.18. The van der Waals surface area contributed by atoms with E-state index in [-0.39, 0.29) is 41.3 Å². The molecule has 0 saturated carbocycles. The molecule has 176 valence electrons. The zero-order valence-corrected chi connectivity index (χ0v) is 21.1. The monoisotopic (exact) mass is 439 g/mol. The van der Waals surface area contributed by atoms with E-state index in [1.807, 2.05) is 0 Å². The van der Waals surface area contributed by atoms with Gasteiger partial charge in [-0.2, -0.15) is 0 Å². The number of aromatic amines is 1. The van der Waals surface area contributed by atoms with Gasteiger partial charge in [-0.1, -0.05) is 48.5 Å². The molecule has 5 heteroatoms. The number of hydrogen-bond donors (Lipinski definition) is 3. The van der Waals surface area contributed by atoms with Crippen molar-refractivity contribution in [3.05, 3.63) is 29.0 Å². The predicted molar refractivity (Wildman–Crippen MR) is 132 cm³/mol. The number of carbonyl (C=O) groups is 1. The SMILES string of the molecule is CC(C)[C@H]1C(=O)N[C@H](CO)Cc2c[nH]c3c4c(cc(c23)N1C)[C@@](C)(C(C)C)CCC4(C)C. The molecule has 32 heavy (non-hydrogen) atoms. The molecule has 0 radical (unpaired) electrons. The van der Waals surface area contributed by atoms with Crippen molar-refractivity contribution in [3.63, 3.8) is 0 Å². The fourth-order valence-electron chi connectivity index (χ4n) is 6.18. The largest absolute Gasteiger partial charge is 0.394 e. The van der Waals surface area contributed by atoms with Crippen molar-refractivity contribution in [1.82, 2.24) is 10.3 Å². The first kappa shape index (κ1) is 23.2. The van der Waals surface area contributed by atoms with Crippen molar-refractivity contribution < 1.29 is 9.90 Å². The Morgan fingerprint density at radius 2 is 1.88 bits per heavy atom. The number of nitrogens with one attached hydrogen (secondary N) is 2. The van der Waals surface area contributed by atoms with Gasteiger partial charge in [-0.05, 0) is 64.7 Å². The summed E-state index contributed by atoms with van der Waals surface area (Å²) in [5.41, 5.74) is 6.52. The number of hydrogen-bond acceptors (Lipinski definition) is 3. The quantitative estimate of drug-likeness (QED) is 0.652. The number of H-pyrrole nitrogens is 1. The van der Waals surface area contributed by atoms with Crippen molar-refractivity contribution in [2.75, 3.05) is 18.6 Å². The van der Waals surface area contributed by atoms with Crippen molar-refractivity contribution in [2.45, 2.75) is 90.6 Å². The maximum absolute atomic E-state index is 13.3. The molecule has 1 aromatic heterocycles. The highest BCUT2D eigenvalue weighted by Crippen LogP contribution is 2.53. The third-order valence-corrected chi connectivity index (χ3v) is 8.58. The van der Waals surface area contributed by atoms with Gasteiger partial charge in [0, 0.05) is 24.3 Å². The summed E-state index contributed by atoms with van der Waals surface area (Å²) in [6.45, 7) is 15.9. The van der Waals surface area contributed by atoms with E-state index in [4.69, 9.17) is 0 Å². The maximum atomic E-state index is 13.3. The van der Waals surface area contributed by atoms with E-state index in [0.717, 1.165) is 18.5 Å². The smallest absolute Gasteiger partial charge is 0.243 e. The second-order valence-corrected chi connectivity index (χ2v) is 11.7. The van der Waals surface area contributed by atoms with Gasteiger partial charge in [-0.15, -0.1) is 0 Å². The van der Waals surface area contributed by atoms with E-state index >= 15 is 0 Å². The first-order valence-corrected chi connectivity index (χ1v) is 12.2. The normalized spacial score (nSPS) is 27.8. The van der Waals surface area contributed by atoms with E-state index in [0.29, 0.717) is 12.3 Å². The summed E-state index contributed by atoms with van der Waals surface area (Å²) in [6, 6.07) is 1.82. The van der Waals surface area contributed by atoms with E-state index in [1.54, 1.807) is 0 Å². The lowest BCUT2D eigenvalue weighted by Crippen LogP contribution is -2.52. The van der Waals surface area contributed by atoms with Crippen LogP contribution in [0.2, 0.25) is 0 Å². The lowest BCUT2D eigenvalue weighted by molar-refractivity contribution is -0.124. The molecule has 1 aliphatic carbocycles. The minimum absolute atomic E-state index is 0.00601. The van der Waals surface area contributed by atoms with Crippen LogP contribution in [0.4, 0.5) is 5.69 Å². The fraction of sp³-hybridized carbons (Fsp3) is 0.667. The highest BCUT2D eigenvalue weighted by Gasteiger charge is 2.44. The minimum atomic E-state index is -0.298. The third-order valence-electron chi connectivity index (χ3n) is 8.58. The summed E-state index contributed by atoms with van der Waals surface area (Å²) in [5, 5.41) is 14.3. The average Bonchev–Trinajstić information content (AvgIpc) is 3.13. The summed E-state index contributed by atoms with van der Waals surface area (Å²) in [5.74, 6) is 0.647. The topological polar surface area (TPSA) is 68.4 Å². The van der Waals surface area contributed by atoms with Crippen molar-refractivity contribution >= 4 is 22.5 Å². The molecule has 3 N–H and O–H groups in total. The molecule has 1 amide bonds. The summed E-state index contributed by atoms with van der Waals surface area (Å²) in [7, 11) is 2.06. The lowest BCUT2D eigenvalue weighted by atomic mass is 9.58. The number of benzene rings is 1. The molecule has 4 rings (SSSR count). The molecule has 1 aliphatic heterocycles. The highest BCUT2D eigenvalue weighted by molar-refractivity contribution is 6.01. The van der Waals surface area contributed by atoms with Crippen LogP contribution in [0.5, 0.6) is 0 Å². The Labute approximate surface area is 193 Å². The van der Waals surface area contributed by atoms with Gasteiger partial charge >= 0.3 is 0 Å². The lowest BCUT2D eigenvalue weighted by Gasteiger charge is -2.47. The summed E-state index contributed by atoms with van der Waals surface area (Å²) in [6.07, 6.45) is 5.04. The highest BCUT2D eigenvalue weighted by atomic mass is 16.3. The van der Waals surface area contributed by atoms with Crippen LogP contribution in [-0.2, 0) is 22.0 Å².